The lowest BCUT2D eigenvalue weighted by molar-refractivity contribution is 0.141. The van der Waals surface area contributed by atoms with Gasteiger partial charge in [-0.25, -0.2) is 4.79 Å². The van der Waals surface area contributed by atoms with Crippen molar-refractivity contribution in [2.24, 2.45) is 5.73 Å². The van der Waals surface area contributed by atoms with Gasteiger partial charge in [-0.2, -0.15) is 0 Å². The van der Waals surface area contributed by atoms with Gasteiger partial charge in [0.2, 0.25) is 0 Å². The summed E-state index contributed by atoms with van der Waals surface area (Å²) in [5.41, 5.74) is 5.15. The van der Waals surface area contributed by atoms with Crippen LogP contribution in [0.3, 0.4) is 0 Å². The van der Waals surface area contributed by atoms with Crippen molar-refractivity contribution < 1.29 is 9.53 Å². The van der Waals surface area contributed by atoms with Crippen LogP contribution >= 0.6 is 11.8 Å². The number of primary amides is 1. The molecule has 0 aromatic carbocycles. The Labute approximate surface area is 148 Å². The Balaban J connectivity index is 3.62. The van der Waals surface area contributed by atoms with Crippen LogP contribution in [0.1, 0.15) is 104 Å². The molecule has 1 amide bonds. The van der Waals surface area contributed by atoms with E-state index in [1.54, 1.807) is 11.8 Å². The van der Waals surface area contributed by atoms with E-state index in [2.05, 4.69) is 13.8 Å². The van der Waals surface area contributed by atoms with E-state index >= 15 is 0 Å². The molecule has 4 heteroatoms. The molecule has 2 N–H and O–H groups in total. The fourth-order valence-corrected chi connectivity index (χ4v) is 3.80. The highest BCUT2D eigenvalue weighted by atomic mass is 32.2. The Morgan fingerprint density at radius 2 is 1.30 bits per heavy atom. The Kier molecular flexibility index (Phi) is 17.7. The molecule has 23 heavy (non-hydrogen) atoms. The molecule has 0 radical (unpaired) electrons. The first-order valence-electron chi connectivity index (χ1n) is 9.78. The van der Waals surface area contributed by atoms with Crippen molar-refractivity contribution in [2.75, 3.05) is 5.75 Å². The van der Waals surface area contributed by atoms with Crippen LogP contribution in [-0.2, 0) is 4.74 Å². The van der Waals surface area contributed by atoms with Crippen LogP contribution in [0, 0.1) is 0 Å². The molecule has 138 valence electrons. The standard InChI is InChI=1S/C19H39NO2S/c1-3-5-7-9-11-12-14-16-18(22-19(20)21)23-17-15-13-10-8-6-4-2/h18H,3-17H2,1-2H3,(H2,20,21). The summed E-state index contributed by atoms with van der Waals surface area (Å²) in [5.74, 6) is 1.07. The first-order valence-corrected chi connectivity index (χ1v) is 10.8. The minimum absolute atomic E-state index is 0.0428. The van der Waals surface area contributed by atoms with Crippen LogP contribution in [0.5, 0.6) is 0 Å². The van der Waals surface area contributed by atoms with Gasteiger partial charge in [-0.3, -0.25) is 0 Å². The highest BCUT2D eigenvalue weighted by molar-refractivity contribution is 7.99. The van der Waals surface area contributed by atoms with Crippen LogP contribution < -0.4 is 5.73 Å². The predicted molar refractivity (Wildman–Crippen MR) is 103 cm³/mol. The lowest BCUT2D eigenvalue weighted by Crippen LogP contribution is -2.20. The number of amides is 1. The Morgan fingerprint density at radius 1 is 0.826 bits per heavy atom. The number of hydrogen-bond acceptors (Lipinski definition) is 3. The molecule has 0 aliphatic carbocycles. The molecule has 0 heterocycles. The highest BCUT2D eigenvalue weighted by Crippen LogP contribution is 2.22. The van der Waals surface area contributed by atoms with Crippen molar-refractivity contribution >= 4 is 17.9 Å². The third kappa shape index (κ3) is 17.8. The maximum Gasteiger partial charge on any atom is 0.405 e. The quantitative estimate of drug-likeness (QED) is 0.237. The molecular formula is C19H39NO2S. The van der Waals surface area contributed by atoms with E-state index in [0.717, 1.165) is 18.6 Å². The third-order valence-electron chi connectivity index (χ3n) is 4.09. The summed E-state index contributed by atoms with van der Waals surface area (Å²) in [5, 5.41) is 0. The molecule has 0 bridgehead atoms. The average Bonchev–Trinajstić information content (AvgIpc) is 2.52. The van der Waals surface area contributed by atoms with Crippen LogP contribution in [0.4, 0.5) is 4.79 Å². The van der Waals surface area contributed by atoms with Crippen LogP contribution in [0.25, 0.3) is 0 Å². The van der Waals surface area contributed by atoms with Crippen LogP contribution in [0.2, 0.25) is 0 Å². The summed E-state index contributed by atoms with van der Waals surface area (Å²) in [6, 6.07) is 0. The van der Waals surface area contributed by atoms with Gasteiger partial charge in [-0.05, 0) is 25.0 Å². The zero-order chi connectivity index (χ0) is 17.2. The van der Waals surface area contributed by atoms with E-state index < -0.39 is 6.09 Å². The average molecular weight is 346 g/mol. The van der Waals surface area contributed by atoms with E-state index in [4.69, 9.17) is 10.5 Å². The topological polar surface area (TPSA) is 52.3 Å². The number of carbonyl (C=O) groups is 1. The zero-order valence-electron chi connectivity index (χ0n) is 15.5. The summed E-state index contributed by atoms with van der Waals surface area (Å²) in [7, 11) is 0. The van der Waals surface area contributed by atoms with Crippen molar-refractivity contribution in [3.8, 4) is 0 Å². The smallest absolute Gasteiger partial charge is 0.405 e. The van der Waals surface area contributed by atoms with Crippen molar-refractivity contribution in [3.63, 3.8) is 0 Å². The fourth-order valence-electron chi connectivity index (χ4n) is 2.67. The summed E-state index contributed by atoms with van der Waals surface area (Å²) in [6.07, 6.45) is 17.1. The van der Waals surface area contributed by atoms with E-state index in [-0.39, 0.29) is 5.44 Å². The minimum atomic E-state index is -0.631. The number of ether oxygens (including phenoxy) is 1. The maximum atomic E-state index is 11.0. The lowest BCUT2D eigenvalue weighted by Gasteiger charge is -2.16. The molecule has 1 unspecified atom stereocenters. The molecular weight excluding hydrogens is 306 g/mol. The first kappa shape index (κ1) is 22.6. The number of thioether (sulfide) groups is 1. The molecule has 0 spiro atoms. The molecule has 0 aliphatic rings. The van der Waals surface area contributed by atoms with Crippen molar-refractivity contribution in [2.45, 2.75) is 109 Å². The first-order chi connectivity index (χ1) is 11.2. The van der Waals surface area contributed by atoms with Crippen LogP contribution in [0.15, 0.2) is 0 Å². The van der Waals surface area contributed by atoms with Gasteiger partial charge < -0.3 is 10.5 Å². The molecule has 0 rings (SSSR count). The number of rotatable bonds is 17. The monoisotopic (exact) mass is 345 g/mol. The minimum Gasteiger partial charge on any atom is -0.435 e. The second-order valence-corrected chi connectivity index (χ2v) is 7.68. The van der Waals surface area contributed by atoms with Crippen LogP contribution in [-0.4, -0.2) is 17.3 Å². The summed E-state index contributed by atoms with van der Waals surface area (Å²) in [6.45, 7) is 4.48. The van der Waals surface area contributed by atoms with Crippen molar-refractivity contribution in [3.05, 3.63) is 0 Å². The van der Waals surface area contributed by atoms with Gasteiger partial charge in [0.25, 0.3) is 0 Å². The SMILES string of the molecule is CCCCCCCCCC(OC(N)=O)SCCCCCCCC. The van der Waals surface area contributed by atoms with Gasteiger partial charge in [0.1, 0.15) is 5.44 Å². The van der Waals surface area contributed by atoms with Gasteiger partial charge in [0.05, 0.1) is 0 Å². The zero-order valence-corrected chi connectivity index (χ0v) is 16.3. The number of hydrogen-bond donors (Lipinski definition) is 1. The van der Waals surface area contributed by atoms with Crippen molar-refractivity contribution in [1.82, 2.24) is 0 Å². The summed E-state index contributed by atoms with van der Waals surface area (Å²) >= 11 is 1.76. The lowest BCUT2D eigenvalue weighted by atomic mass is 10.1. The largest absolute Gasteiger partial charge is 0.435 e. The van der Waals surface area contributed by atoms with Crippen molar-refractivity contribution in [1.29, 1.82) is 0 Å². The molecule has 0 saturated carbocycles. The number of nitrogens with two attached hydrogens (primary N) is 1. The number of unbranched alkanes of at least 4 members (excludes halogenated alkanes) is 11. The second kappa shape index (κ2) is 18.0. The number of carbonyl (C=O) groups excluding carboxylic acids is 1. The van der Waals surface area contributed by atoms with E-state index in [1.165, 1.54) is 77.0 Å². The molecule has 3 nitrogen and oxygen atoms in total. The molecule has 0 aromatic rings. The Morgan fingerprint density at radius 3 is 1.83 bits per heavy atom. The molecule has 0 fully saturated rings. The summed E-state index contributed by atoms with van der Waals surface area (Å²) in [4.78, 5) is 11.0. The Hall–Kier alpha value is -0.380. The highest BCUT2D eigenvalue weighted by Gasteiger charge is 2.12. The fraction of sp³-hybridized carbons (Fsp3) is 0.947. The second-order valence-electron chi connectivity index (χ2n) is 6.41. The van der Waals surface area contributed by atoms with E-state index in [1.807, 2.05) is 0 Å². The van der Waals surface area contributed by atoms with Gasteiger partial charge in [-0.1, -0.05) is 84.5 Å². The maximum absolute atomic E-state index is 11.0. The molecule has 0 aliphatic heterocycles. The van der Waals surface area contributed by atoms with E-state index in [0.29, 0.717) is 0 Å². The molecule has 0 aromatic heterocycles. The summed E-state index contributed by atoms with van der Waals surface area (Å²) < 4.78 is 5.24. The predicted octanol–water partition coefficient (Wildman–Crippen LogP) is 6.64. The van der Waals surface area contributed by atoms with Gasteiger partial charge in [0.15, 0.2) is 0 Å². The van der Waals surface area contributed by atoms with Gasteiger partial charge in [0, 0.05) is 0 Å². The molecule has 0 saturated heterocycles. The van der Waals surface area contributed by atoms with E-state index in [9.17, 15) is 4.79 Å². The Bertz CT molecular complexity index is 244. The van der Waals surface area contributed by atoms with Gasteiger partial charge in [-0.15, -0.1) is 11.8 Å². The van der Waals surface area contributed by atoms with Gasteiger partial charge >= 0.3 is 6.09 Å². The normalized spacial score (nSPS) is 12.3. The molecule has 1 atom stereocenters. The third-order valence-corrected chi connectivity index (χ3v) is 5.32.